The molecule has 0 saturated carbocycles. The van der Waals surface area contributed by atoms with Crippen molar-refractivity contribution in [1.29, 1.82) is 0 Å². The summed E-state index contributed by atoms with van der Waals surface area (Å²) in [7, 11) is 3.15. The maximum atomic E-state index is 15.0. The maximum absolute atomic E-state index is 15.0. The smallest absolute Gasteiger partial charge is 0.335 e. The fourth-order valence-corrected chi connectivity index (χ4v) is 6.03. The number of hydrogen-bond acceptors (Lipinski definition) is 7. The van der Waals surface area contributed by atoms with Crippen LogP contribution in [0.1, 0.15) is 66.8 Å². The first-order valence-corrected chi connectivity index (χ1v) is 15.1. The van der Waals surface area contributed by atoms with Gasteiger partial charge in [0.2, 0.25) is 0 Å². The average Bonchev–Trinajstić information content (AvgIpc) is 3.57. The van der Waals surface area contributed by atoms with Crippen molar-refractivity contribution in [3.05, 3.63) is 82.9 Å². The third-order valence-electron chi connectivity index (χ3n) is 8.26. The van der Waals surface area contributed by atoms with Crippen molar-refractivity contribution in [3.63, 3.8) is 0 Å². The number of halogens is 1. The molecule has 1 aromatic heterocycles. The van der Waals surface area contributed by atoms with Crippen LogP contribution < -0.4 is 14.2 Å². The van der Waals surface area contributed by atoms with Gasteiger partial charge in [0.15, 0.2) is 11.5 Å². The van der Waals surface area contributed by atoms with Crippen molar-refractivity contribution in [2.45, 2.75) is 58.4 Å². The van der Waals surface area contributed by atoms with E-state index >= 15 is 0 Å². The van der Waals surface area contributed by atoms with Crippen LogP contribution in [-0.4, -0.2) is 59.4 Å². The zero-order chi connectivity index (χ0) is 31.4. The number of carbonyl (C=O) groups is 1. The van der Waals surface area contributed by atoms with E-state index in [1.54, 1.807) is 44.4 Å². The number of carboxylic acids is 1. The first-order chi connectivity index (χ1) is 21.3. The Bertz CT molecular complexity index is 1630. The topological polar surface area (TPSA) is 95.3 Å². The van der Waals surface area contributed by atoms with Gasteiger partial charge in [-0.15, -0.1) is 0 Å². The molecule has 1 atom stereocenters. The molecule has 234 valence electrons. The monoisotopic (exact) mass is 605 g/mol. The Morgan fingerprint density at radius 2 is 1.86 bits per heavy atom. The summed E-state index contributed by atoms with van der Waals surface area (Å²) in [4.78, 5) is 18.8. The van der Waals surface area contributed by atoms with E-state index in [2.05, 4.69) is 15.5 Å². The van der Waals surface area contributed by atoms with Crippen molar-refractivity contribution in [1.82, 2.24) is 14.5 Å². The average molecular weight is 606 g/mol. The molecule has 44 heavy (non-hydrogen) atoms. The number of imidazole rings is 1. The molecule has 0 radical (unpaired) electrons. The Labute approximate surface area is 257 Å². The lowest BCUT2D eigenvalue weighted by molar-refractivity contribution is -0.0712. The van der Waals surface area contributed by atoms with Crippen LogP contribution in [0.25, 0.3) is 11.0 Å². The van der Waals surface area contributed by atoms with Crippen molar-refractivity contribution < 1.29 is 33.2 Å². The summed E-state index contributed by atoms with van der Waals surface area (Å²) in [6, 6.07) is 15.6. The van der Waals surface area contributed by atoms with Gasteiger partial charge in [-0.3, -0.25) is 4.90 Å². The third-order valence-corrected chi connectivity index (χ3v) is 8.26. The van der Waals surface area contributed by atoms with Gasteiger partial charge in [-0.05, 0) is 68.2 Å². The summed E-state index contributed by atoms with van der Waals surface area (Å²) in [5.41, 5.74) is 3.19. The van der Waals surface area contributed by atoms with Crippen molar-refractivity contribution in [2.75, 3.05) is 33.9 Å². The van der Waals surface area contributed by atoms with Crippen LogP contribution in [0.3, 0.4) is 0 Å². The van der Waals surface area contributed by atoms with Crippen molar-refractivity contribution >= 4 is 17.0 Å². The zero-order valence-corrected chi connectivity index (χ0v) is 25.9. The molecule has 0 amide bonds. The largest absolute Gasteiger partial charge is 0.497 e. The summed E-state index contributed by atoms with van der Waals surface area (Å²) in [5, 5.41) is 9.47. The second kappa shape index (κ2) is 13.2. The predicted molar refractivity (Wildman–Crippen MR) is 165 cm³/mol. The third kappa shape index (κ3) is 6.09. The van der Waals surface area contributed by atoms with Crippen LogP contribution in [0, 0.1) is 5.82 Å². The fourth-order valence-electron chi connectivity index (χ4n) is 6.03. The Balaban J connectivity index is 0.00000188. The zero-order valence-electron chi connectivity index (χ0n) is 25.9. The van der Waals surface area contributed by atoms with Gasteiger partial charge in [0.25, 0.3) is 5.79 Å². The number of aromatic nitrogens is 2. The molecule has 3 heterocycles. The Hall–Kier alpha value is -4.15. The fraction of sp³-hybridized carbons (Fsp3) is 0.412. The van der Waals surface area contributed by atoms with Gasteiger partial charge in [0.05, 0.1) is 42.4 Å². The van der Waals surface area contributed by atoms with E-state index in [4.69, 9.17) is 23.9 Å². The van der Waals surface area contributed by atoms with E-state index < -0.39 is 17.6 Å². The van der Waals surface area contributed by atoms with Crippen LogP contribution in [0.15, 0.2) is 54.6 Å². The minimum absolute atomic E-state index is 0.237. The van der Waals surface area contributed by atoms with Crippen LogP contribution in [0.4, 0.5) is 4.39 Å². The van der Waals surface area contributed by atoms with E-state index in [9.17, 15) is 14.3 Å². The lowest BCUT2D eigenvalue weighted by Gasteiger charge is -2.32. The number of aromatic carboxylic acids is 1. The highest BCUT2D eigenvalue weighted by atomic mass is 19.1. The Morgan fingerprint density at radius 1 is 1.09 bits per heavy atom. The SMILES string of the molecule is CC.COCCn1c(CN2CCC(c3cccc4c3OC(C)(c3ccc(OC)cc3F)O4)CC2)nc2ccc(C(=O)O)cc21. The van der Waals surface area contributed by atoms with Crippen LogP contribution in [-0.2, 0) is 23.6 Å². The van der Waals surface area contributed by atoms with Gasteiger partial charge in [-0.2, -0.15) is 0 Å². The lowest BCUT2D eigenvalue weighted by Crippen LogP contribution is -2.34. The molecule has 3 aromatic carbocycles. The first-order valence-electron chi connectivity index (χ1n) is 15.1. The normalized spacial score (nSPS) is 18.2. The van der Waals surface area contributed by atoms with Crippen molar-refractivity contribution in [2.24, 2.45) is 0 Å². The van der Waals surface area contributed by atoms with Gasteiger partial charge < -0.3 is 28.6 Å². The molecule has 1 N–H and O–H groups in total. The number of benzene rings is 3. The summed E-state index contributed by atoms with van der Waals surface area (Å²) in [6.07, 6.45) is 1.82. The highest BCUT2D eigenvalue weighted by Crippen LogP contribution is 2.50. The first kappa shape index (κ1) is 31.3. The number of fused-ring (bicyclic) bond motifs is 2. The van der Waals surface area contributed by atoms with E-state index in [-0.39, 0.29) is 11.5 Å². The number of piperidine rings is 1. The molecule has 1 fully saturated rings. The minimum atomic E-state index is -1.28. The molecule has 1 saturated heterocycles. The number of rotatable bonds is 9. The molecule has 0 spiro atoms. The van der Waals surface area contributed by atoms with Crippen molar-refractivity contribution in [3.8, 4) is 17.2 Å². The highest BCUT2D eigenvalue weighted by molar-refractivity contribution is 5.92. The summed E-state index contributed by atoms with van der Waals surface area (Å²) < 4.78 is 40.1. The summed E-state index contributed by atoms with van der Waals surface area (Å²) >= 11 is 0. The molecule has 10 heteroatoms. The van der Waals surface area contributed by atoms with E-state index in [0.29, 0.717) is 42.5 Å². The van der Waals surface area contributed by atoms with E-state index in [1.165, 1.54) is 13.2 Å². The molecule has 4 aromatic rings. The standard InChI is InChI=1S/C32H34FN3O6.C2H6/c1-32(24-9-8-22(40-3)18-25(24)33)41-28-6-4-5-23(30(28)42-32)20-11-13-35(14-12-20)19-29-34-26-10-7-21(31(37)38)17-27(26)36(29)15-16-39-2;1-2/h4-10,17-18,20H,11-16,19H2,1-3H3,(H,37,38);1-2H3. The van der Waals surface area contributed by atoms with Gasteiger partial charge in [-0.25, -0.2) is 14.2 Å². The summed E-state index contributed by atoms with van der Waals surface area (Å²) in [6.45, 7) is 9.18. The summed E-state index contributed by atoms with van der Waals surface area (Å²) in [5.74, 6) is 0.168. The number of para-hydroxylation sites is 1. The number of likely N-dealkylation sites (tertiary alicyclic amines) is 1. The lowest BCUT2D eigenvalue weighted by atomic mass is 9.88. The number of carboxylic acid groups (broad SMARTS) is 1. The van der Waals surface area contributed by atoms with Gasteiger partial charge in [0, 0.05) is 32.2 Å². The molecule has 1 unspecified atom stereocenters. The minimum Gasteiger partial charge on any atom is -0.497 e. The molecule has 0 aliphatic carbocycles. The number of hydrogen-bond donors (Lipinski definition) is 1. The molecule has 2 aliphatic rings. The maximum Gasteiger partial charge on any atom is 0.335 e. The quantitative estimate of drug-likeness (QED) is 0.229. The molecule has 9 nitrogen and oxygen atoms in total. The molecule has 0 bridgehead atoms. The number of ether oxygens (including phenoxy) is 4. The predicted octanol–water partition coefficient (Wildman–Crippen LogP) is 6.58. The van der Waals surface area contributed by atoms with Gasteiger partial charge in [0.1, 0.15) is 17.4 Å². The van der Waals surface area contributed by atoms with E-state index in [0.717, 1.165) is 48.4 Å². The van der Waals surface area contributed by atoms with Gasteiger partial charge in [-0.1, -0.05) is 26.0 Å². The Morgan fingerprint density at radius 3 is 2.55 bits per heavy atom. The van der Waals surface area contributed by atoms with Crippen LogP contribution in [0.2, 0.25) is 0 Å². The Kier molecular flexibility index (Phi) is 9.41. The number of nitrogens with zero attached hydrogens (tertiary/aromatic N) is 3. The molecule has 2 aliphatic heterocycles. The second-order valence-corrected chi connectivity index (χ2v) is 10.9. The highest BCUT2D eigenvalue weighted by Gasteiger charge is 2.43. The molecule has 6 rings (SSSR count). The van der Waals surface area contributed by atoms with Gasteiger partial charge >= 0.3 is 5.97 Å². The second-order valence-electron chi connectivity index (χ2n) is 10.9. The van der Waals surface area contributed by atoms with Crippen LogP contribution in [0.5, 0.6) is 17.2 Å². The molecular weight excluding hydrogens is 565 g/mol. The molecular formula is C34H40FN3O6. The van der Waals surface area contributed by atoms with Crippen LogP contribution >= 0.6 is 0 Å². The number of methoxy groups -OCH3 is 2. The van der Waals surface area contributed by atoms with E-state index in [1.807, 2.05) is 26.0 Å².